The van der Waals surface area contributed by atoms with Gasteiger partial charge in [-0.1, -0.05) is 60.7 Å². The van der Waals surface area contributed by atoms with Crippen LogP contribution in [0.2, 0.25) is 0 Å². The number of fused-ring (bicyclic) bond motifs is 5. The molecule has 0 unspecified atom stereocenters. The molecular formula is C40H42N4O9. The molecule has 3 amide bonds. The van der Waals surface area contributed by atoms with Crippen molar-refractivity contribution in [3.63, 3.8) is 0 Å². The Morgan fingerprint density at radius 2 is 1.70 bits per heavy atom. The molecule has 3 aromatic carbocycles. The van der Waals surface area contributed by atoms with Gasteiger partial charge in [-0.15, -0.1) is 0 Å². The van der Waals surface area contributed by atoms with E-state index in [0.717, 1.165) is 22.3 Å². The van der Waals surface area contributed by atoms with Gasteiger partial charge in [0.25, 0.3) is 5.91 Å². The van der Waals surface area contributed by atoms with Crippen LogP contribution in [0.1, 0.15) is 44.6 Å². The molecule has 4 fully saturated rings. The van der Waals surface area contributed by atoms with E-state index in [1.54, 1.807) is 44.4 Å². The van der Waals surface area contributed by atoms with Gasteiger partial charge in [-0.05, 0) is 46.0 Å². The van der Waals surface area contributed by atoms with Crippen LogP contribution in [-0.4, -0.2) is 102 Å². The Morgan fingerprint density at radius 1 is 0.962 bits per heavy atom. The van der Waals surface area contributed by atoms with E-state index in [0.29, 0.717) is 24.0 Å². The first-order chi connectivity index (χ1) is 25.6. The summed E-state index contributed by atoms with van der Waals surface area (Å²) in [5.74, 6) is -2.49. The Hall–Kier alpha value is -4.92. The van der Waals surface area contributed by atoms with Gasteiger partial charge in [-0.2, -0.15) is 5.06 Å². The molecule has 276 valence electrons. The minimum Gasteiger partial charge on any atom is -0.458 e. The molecule has 3 heterocycles. The first-order valence-corrected chi connectivity index (χ1v) is 17.9. The fourth-order valence-corrected chi connectivity index (χ4v) is 8.52. The van der Waals surface area contributed by atoms with Crippen LogP contribution in [-0.2, 0) is 59.4 Å². The largest absolute Gasteiger partial charge is 0.458 e. The molecule has 0 aromatic heterocycles. The summed E-state index contributed by atoms with van der Waals surface area (Å²) in [6.07, 6.45) is 1.39. The Balaban J connectivity index is 1.12. The van der Waals surface area contributed by atoms with Crippen molar-refractivity contribution < 1.29 is 43.3 Å². The Bertz CT molecular complexity index is 1960. The lowest BCUT2D eigenvalue weighted by atomic mass is 9.62. The first kappa shape index (κ1) is 35.1. The molecule has 2 aliphatic carbocycles. The van der Waals surface area contributed by atoms with Crippen molar-refractivity contribution in [2.75, 3.05) is 27.2 Å². The minimum atomic E-state index is -1.40. The summed E-state index contributed by atoms with van der Waals surface area (Å²) in [6, 6.07) is 21.3. The highest BCUT2D eigenvalue weighted by Crippen LogP contribution is 2.58. The number of nitrogens with zero attached hydrogens (tertiary/aromatic N) is 2. The van der Waals surface area contributed by atoms with Crippen molar-refractivity contribution in [3.8, 4) is 0 Å². The van der Waals surface area contributed by atoms with Gasteiger partial charge in [0.05, 0.1) is 13.2 Å². The number of ether oxygens (including phenoxy) is 3. The van der Waals surface area contributed by atoms with Gasteiger partial charge in [0, 0.05) is 58.1 Å². The molecule has 8 rings (SSSR count). The molecule has 0 radical (unpaired) electrons. The average molecular weight is 723 g/mol. The number of aliphatic hydroxyl groups excluding tert-OH is 1. The zero-order chi connectivity index (χ0) is 36.9. The second-order valence-electron chi connectivity index (χ2n) is 14.5. The van der Waals surface area contributed by atoms with Crippen LogP contribution in [0.4, 0.5) is 0 Å². The van der Waals surface area contributed by atoms with E-state index >= 15 is 0 Å². The fourth-order valence-electron chi connectivity index (χ4n) is 8.52. The van der Waals surface area contributed by atoms with Crippen LogP contribution < -0.4 is 10.6 Å². The van der Waals surface area contributed by atoms with E-state index in [9.17, 15) is 19.2 Å². The molecule has 2 bridgehead atoms. The summed E-state index contributed by atoms with van der Waals surface area (Å²) >= 11 is 0. The van der Waals surface area contributed by atoms with E-state index in [4.69, 9.17) is 24.2 Å². The third-order valence-corrected chi connectivity index (χ3v) is 11.0. The monoisotopic (exact) mass is 722 g/mol. The average Bonchev–Trinajstić information content (AvgIpc) is 3.83. The lowest BCUT2D eigenvalue weighted by Gasteiger charge is -2.48. The van der Waals surface area contributed by atoms with E-state index in [1.807, 2.05) is 36.4 Å². The molecule has 3 aliphatic heterocycles. The number of carbonyl (C=O) groups excluding carboxylic acids is 4. The topological polar surface area (TPSA) is 156 Å². The molecule has 5 aliphatic rings. The maximum atomic E-state index is 14.8. The highest BCUT2D eigenvalue weighted by molar-refractivity contribution is 5.95. The number of aliphatic hydroxyl groups is 1. The highest BCUT2D eigenvalue weighted by atomic mass is 16.8. The lowest BCUT2D eigenvalue weighted by molar-refractivity contribution is -0.217. The van der Waals surface area contributed by atoms with Gasteiger partial charge >= 0.3 is 5.97 Å². The Morgan fingerprint density at radius 3 is 2.45 bits per heavy atom. The predicted molar refractivity (Wildman–Crippen MR) is 189 cm³/mol. The summed E-state index contributed by atoms with van der Waals surface area (Å²) in [6.45, 7) is 0.137. The van der Waals surface area contributed by atoms with E-state index in [1.165, 1.54) is 16.0 Å². The quantitative estimate of drug-likeness (QED) is 0.209. The van der Waals surface area contributed by atoms with E-state index in [-0.39, 0.29) is 44.5 Å². The molecule has 1 spiro atoms. The predicted octanol–water partition coefficient (Wildman–Crippen LogP) is 1.91. The van der Waals surface area contributed by atoms with Crippen molar-refractivity contribution in [2.24, 2.45) is 5.41 Å². The minimum absolute atomic E-state index is 0.0824. The Kier molecular flexibility index (Phi) is 9.15. The summed E-state index contributed by atoms with van der Waals surface area (Å²) < 4.78 is 19.7. The van der Waals surface area contributed by atoms with Gasteiger partial charge in [0.1, 0.15) is 29.8 Å². The molecule has 13 nitrogen and oxygen atoms in total. The third kappa shape index (κ3) is 6.21. The number of amides is 3. The molecule has 53 heavy (non-hydrogen) atoms. The number of benzene rings is 3. The van der Waals surface area contributed by atoms with Crippen molar-refractivity contribution in [3.05, 3.63) is 112 Å². The van der Waals surface area contributed by atoms with Crippen molar-refractivity contribution >= 4 is 29.8 Å². The van der Waals surface area contributed by atoms with Crippen LogP contribution >= 0.6 is 0 Å². The number of hydrogen-bond acceptors (Lipinski definition) is 10. The van der Waals surface area contributed by atoms with E-state index in [2.05, 4.69) is 22.8 Å². The number of rotatable bonds is 10. The summed E-state index contributed by atoms with van der Waals surface area (Å²) in [5, 5.41) is 16.4. The van der Waals surface area contributed by atoms with Gasteiger partial charge in [-0.3, -0.25) is 24.0 Å². The van der Waals surface area contributed by atoms with E-state index < -0.39 is 53.5 Å². The second-order valence-corrected chi connectivity index (χ2v) is 14.5. The van der Waals surface area contributed by atoms with Gasteiger partial charge in [0.2, 0.25) is 11.8 Å². The second kappa shape index (κ2) is 13.8. The zero-order valence-electron chi connectivity index (χ0n) is 29.5. The van der Waals surface area contributed by atoms with Gasteiger partial charge < -0.3 is 34.9 Å². The normalized spacial score (nSPS) is 27.7. The maximum Gasteiger partial charge on any atom is 0.327 e. The van der Waals surface area contributed by atoms with Crippen molar-refractivity contribution in [1.29, 1.82) is 0 Å². The fraction of sp³-hybridized carbons (Fsp3) is 0.400. The number of esters is 1. The number of carbonyl (C=O) groups is 4. The Labute approximate surface area is 306 Å². The number of likely N-dealkylation sites (N-methyl/N-ethyl adjacent to an activating group) is 1. The molecule has 6 atom stereocenters. The van der Waals surface area contributed by atoms with Crippen LogP contribution in [0.15, 0.2) is 78.9 Å². The molecule has 13 heteroatoms. The maximum absolute atomic E-state index is 14.8. The zero-order valence-corrected chi connectivity index (χ0v) is 29.5. The molecule has 1 saturated carbocycles. The molecule has 3 saturated heterocycles. The van der Waals surface area contributed by atoms with Crippen LogP contribution in [0.25, 0.3) is 6.08 Å². The SMILES string of the molecule is CN(C)C(=O)C=Cc1ccccc1CN1O[C@@H]2[C@H]3OC4(Cc5ccccc5C4)O[C@H]3[C@H]3C[C@]2(C(=O)NCc2cccc(C(=O)NCCO)c2)[C@@H]1C(=O)O3. The van der Waals surface area contributed by atoms with Gasteiger partial charge in [-0.25, -0.2) is 0 Å². The van der Waals surface area contributed by atoms with Crippen molar-refractivity contribution in [2.45, 2.75) is 68.6 Å². The number of hydroxylamine groups is 2. The van der Waals surface area contributed by atoms with Crippen LogP contribution in [0, 0.1) is 5.41 Å². The highest BCUT2D eigenvalue weighted by Gasteiger charge is 2.76. The van der Waals surface area contributed by atoms with Crippen molar-refractivity contribution in [1.82, 2.24) is 20.6 Å². The summed E-state index contributed by atoms with van der Waals surface area (Å²) in [5.41, 5.74) is 3.44. The van der Waals surface area contributed by atoms with Gasteiger partial charge in [0.15, 0.2) is 11.8 Å². The number of hydrogen-bond donors (Lipinski definition) is 3. The molecule has 3 N–H and O–H groups in total. The molecular weight excluding hydrogens is 680 g/mol. The molecule has 3 aromatic rings. The smallest absolute Gasteiger partial charge is 0.327 e. The van der Waals surface area contributed by atoms with Crippen LogP contribution in [0.5, 0.6) is 0 Å². The third-order valence-electron chi connectivity index (χ3n) is 11.0. The standard InChI is InChI=1S/C40H42N4O9/c1-43(2)31(46)15-14-25-9-3-6-12-29(25)23-44-34-37(48)50-30-21-40(34,38(49)42-22-24-8-7-13-26(18-24)36(47)41-16-17-45)35(53-44)33-32(30)51-39(52-33)19-27-10-4-5-11-28(27)20-39/h3-15,18,30,32-35,45H,16-17,19-23H2,1-2H3,(H,41,47)(H,42,49)/t30-,32+,33+,34+,35-,40+/m1/s1. The lowest BCUT2D eigenvalue weighted by Crippen LogP contribution is -2.69. The van der Waals surface area contributed by atoms with Crippen LogP contribution in [0.3, 0.4) is 0 Å². The summed E-state index contributed by atoms with van der Waals surface area (Å²) in [7, 11) is 3.35. The number of nitrogens with one attached hydrogen (secondary N) is 2. The first-order valence-electron chi connectivity index (χ1n) is 17.9. The summed E-state index contributed by atoms with van der Waals surface area (Å²) in [4.78, 5) is 62.1.